The zero-order valence-corrected chi connectivity index (χ0v) is 16.4. The Morgan fingerprint density at radius 2 is 1.63 bits per heavy atom. The van der Waals surface area contributed by atoms with Crippen molar-refractivity contribution < 1.29 is 4.74 Å². The van der Waals surface area contributed by atoms with E-state index in [0.29, 0.717) is 0 Å². The van der Waals surface area contributed by atoms with Gasteiger partial charge in [-0.2, -0.15) is 0 Å². The third-order valence-electron chi connectivity index (χ3n) is 4.99. The lowest BCUT2D eigenvalue weighted by Crippen LogP contribution is -2.17. The standard InChI is InChI=1S/C25H31NO/c1-2-3-4-10-19-27-25-16-15-22-13-8-9-14-23(22)24(25)20-26-18-17-21-11-6-5-7-12-21/h5-9,11-16,26H,2-4,10,17-20H2,1H3. The molecule has 1 N–H and O–H groups in total. The molecule has 3 aromatic rings. The summed E-state index contributed by atoms with van der Waals surface area (Å²) in [5.74, 6) is 1.03. The molecule has 0 aliphatic heterocycles. The molecule has 0 unspecified atom stereocenters. The maximum atomic E-state index is 6.17. The second kappa shape index (κ2) is 10.7. The van der Waals surface area contributed by atoms with E-state index in [1.807, 2.05) is 0 Å². The highest BCUT2D eigenvalue weighted by Crippen LogP contribution is 2.28. The minimum absolute atomic E-state index is 0.801. The van der Waals surface area contributed by atoms with Gasteiger partial charge in [0.1, 0.15) is 5.75 Å². The first-order chi connectivity index (χ1) is 13.4. The van der Waals surface area contributed by atoms with E-state index >= 15 is 0 Å². The van der Waals surface area contributed by atoms with Crippen molar-refractivity contribution in [3.8, 4) is 5.75 Å². The summed E-state index contributed by atoms with van der Waals surface area (Å²) in [7, 11) is 0. The highest BCUT2D eigenvalue weighted by Gasteiger charge is 2.09. The van der Waals surface area contributed by atoms with E-state index in [4.69, 9.17) is 4.74 Å². The van der Waals surface area contributed by atoms with Crippen LogP contribution in [0.3, 0.4) is 0 Å². The van der Waals surface area contributed by atoms with Gasteiger partial charge < -0.3 is 10.1 Å². The normalized spacial score (nSPS) is 11.0. The largest absolute Gasteiger partial charge is 0.493 e. The second-order valence-corrected chi connectivity index (χ2v) is 7.08. The van der Waals surface area contributed by atoms with Crippen molar-refractivity contribution in [3.05, 3.63) is 77.9 Å². The molecule has 3 rings (SSSR count). The zero-order chi connectivity index (χ0) is 18.7. The van der Waals surface area contributed by atoms with Crippen LogP contribution in [0.25, 0.3) is 10.8 Å². The first kappa shape index (κ1) is 19.4. The molecule has 0 aliphatic rings. The predicted octanol–water partition coefficient (Wildman–Crippen LogP) is 6.13. The molecule has 3 aromatic carbocycles. The SMILES string of the molecule is CCCCCCOc1ccc2ccccc2c1CNCCc1ccccc1. The van der Waals surface area contributed by atoms with Crippen LogP contribution in [0.4, 0.5) is 0 Å². The summed E-state index contributed by atoms with van der Waals surface area (Å²) in [5, 5.41) is 6.17. The van der Waals surface area contributed by atoms with Gasteiger partial charge in [-0.15, -0.1) is 0 Å². The van der Waals surface area contributed by atoms with Gasteiger partial charge in [0, 0.05) is 12.1 Å². The molecule has 0 radical (unpaired) electrons. The van der Waals surface area contributed by atoms with Crippen molar-refractivity contribution in [1.82, 2.24) is 5.32 Å². The molecule has 2 nitrogen and oxygen atoms in total. The van der Waals surface area contributed by atoms with E-state index in [0.717, 1.165) is 38.3 Å². The summed E-state index contributed by atoms with van der Waals surface area (Å²) in [6.07, 6.45) is 5.95. The predicted molar refractivity (Wildman–Crippen MR) is 115 cm³/mol. The van der Waals surface area contributed by atoms with Gasteiger partial charge >= 0.3 is 0 Å². The fraction of sp³-hybridized carbons (Fsp3) is 0.360. The van der Waals surface area contributed by atoms with Crippen molar-refractivity contribution in [2.75, 3.05) is 13.2 Å². The van der Waals surface area contributed by atoms with Crippen molar-refractivity contribution in [1.29, 1.82) is 0 Å². The van der Waals surface area contributed by atoms with Crippen molar-refractivity contribution in [2.45, 2.75) is 45.6 Å². The maximum Gasteiger partial charge on any atom is 0.124 e. The Balaban J connectivity index is 1.64. The van der Waals surface area contributed by atoms with E-state index in [9.17, 15) is 0 Å². The molecule has 0 aromatic heterocycles. The highest BCUT2D eigenvalue weighted by atomic mass is 16.5. The summed E-state index contributed by atoms with van der Waals surface area (Å²) in [5.41, 5.74) is 2.65. The average molecular weight is 362 g/mol. The van der Waals surface area contributed by atoms with Gasteiger partial charge in [0.25, 0.3) is 0 Å². The second-order valence-electron chi connectivity index (χ2n) is 7.08. The smallest absolute Gasteiger partial charge is 0.124 e. The lowest BCUT2D eigenvalue weighted by atomic mass is 10.0. The van der Waals surface area contributed by atoms with E-state index in [1.54, 1.807) is 0 Å². The Morgan fingerprint density at radius 1 is 0.815 bits per heavy atom. The van der Waals surface area contributed by atoms with Crippen LogP contribution in [0.1, 0.15) is 43.7 Å². The first-order valence-corrected chi connectivity index (χ1v) is 10.3. The summed E-state index contributed by atoms with van der Waals surface area (Å²) >= 11 is 0. The Kier molecular flexibility index (Phi) is 7.73. The molecule has 0 heterocycles. The summed E-state index contributed by atoms with van der Waals surface area (Å²) in [4.78, 5) is 0. The molecule has 0 bridgehead atoms. The van der Waals surface area contributed by atoms with Crippen LogP contribution in [0.5, 0.6) is 5.75 Å². The van der Waals surface area contributed by atoms with E-state index in [2.05, 4.69) is 79.0 Å². The fourth-order valence-electron chi connectivity index (χ4n) is 3.44. The molecule has 0 fully saturated rings. The Morgan fingerprint density at radius 3 is 2.48 bits per heavy atom. The number of unbranched alkanes of at least 4 members (excludes halogenated alkanes) is 3. The van der Waals surface area contributed by atoms with Gasteiger partial charge in [0.15, 0.2) is 0 Å². The topological polar surface area (TPSA) is 21.3 Å². The number of nitrogens with one attached hydrogen (secondary N) is 1. The van der Waals surface area contributed by atoms with Gasteiger partial charge in [-0.3, -0.25) is 0 Å². The number of rotatable bonds is 11. The Labute approximate surface area is 163 Å². The van der Waals surface area contributed by atoms with Crippen molar-refractivity contribution in [3.63, 3.8) is 0 Å². The Bertz CT molecular complexity index is 813. The molecule has 0 amide bonds. The minimum atomic E-state index is 0.801. The molecule has 0 aliphatic carbocycles. The molecular weight excluding hydrogens is 330 g/mol. The summed E-state index contributed by atoms with van der Waals surface area (Å²) in [6, 6.07) is 23.5. The quantitative estimate of drug-likeness (QED) is 0.415. The monoisotopic (exact) mass is 361 g/mol. The third kappa shape index (κ3) is 5.83. The molecular formula is C25H31NO. The van der Waals surface area contributed by atoms with E-state index in [1.165, 1.54) is 41.2 Å². The van der Waals surface area contributed by atoms with Crippen molar-refractivity contribution >= 4 is 10.8 Å². The summed E-state index contributed by atoms with van der Waals surface area (Å²) < 4.78 is 6.17. The number of hydrogen-bond donors (Lipinski definition) is 1. The number of benzene rings is 3. The molecule has 142 valence electrons. The lowest BCUT2D eigenvalue weighted by molar-refractivity contribution is 0.302. The molecule has 0 saturated heterocycles. The van der Waals surface area contributed by atoms with E-state index in [-0.39, 0.29) is 0 Å². The van der Waals surface area contributed by atoms with Crippen molar-refractivity contribution in [2.24, 2.45) is 0 Å². The fourth-order valence-corrected chi connectivity index (χ4v) is 3.44. The Hall–Kier alpha value is -2.32. The van der Waals surface area contributed by atoms with Crippen LogP contribution in [0.15, 0.2) is 66.7 Å². The molecule has 0 saturated carbocycles. The lowest BCUT2D eigenvalue weighted by Gasteiger charge is -2.15. The number of hydrogen-bond acceptors (Lipinski definition) is 2. The highest BCUT2D eigenvalue weighted by molar-refractivity contribution is 5.87. The van der Waals surface area contributed by atoms with E-state index < -0.39 is 0 Å². The maximum absolute atomic E-state index is 6.17. The summed E-state index contributed by atoms with van der Waals surface area (Å²) in [6.45, 7) is 4.83. The van der Waals surface area contributed by atoms with Gasteiger partial charge in [0.05, 0.1) is 6.61 Å². The van der Waals surface area contributed by atoms with Gasteiger partial charge in [-0.1, -0.05) is 86.8 Å². The zero-order valence-electron chi connectivity index (χ0n) is 16.4. The van der Waals surface area contributed by atoms with Crippen LogP contribution in [0, 0.1) is 0 Å². The third-order valence-corrected chi connectivity index (χ3v) is 4.99. The minimum Gasteiger partial charge on any atom is -0.493 e. The molecule has 2 heteroatoms. The van der Waals surface area contributed by atoms with Crippen LogP contribution >= 0.6 is 0 Å². The molecule has 27 heavy (non-hydrogen) atoms. The average Bonchev–Trinajstić information content (AvgIpc) is 2.72. The number of ether oxygens (including phenoxy) is 1. The molecule has 0 spiro atoms. The van der Waals surface area contributed by atoms with Crippen LogP contribution in [0.2, 0.25) is 0 Å². The van der Waals surface area contributed by atoms with Crippen LogP contribution < -0.4 is 10.1 Å². The number of fused-ring (bicyclic) bond motifs is 1. The van der Waals surface area contributed by atoms with Gasteiger partial charge in [-0.25, -0.2) is 0 Å². The van der Waals surface area contributed by atoms with Gasteiger partial charge in [-0.05, 0) is 41.8 Å². The van der Waals surface area contributed by atoms with Crippen LogP contribution in [-0.2, 0) is 13.0 Å². The first-order valence-electron chi connectivity index (χ1n) is 10.3. The van der Waals surface area contributed by atoms with Gasteiger partial charge in [0.2, 0.25) is 0 Å². The van der Waals surface area contributed by atoms with Crippen LogP contribution in [-0.4, -0.2) is 13.2 Å². The molecule has 0 atom stereocenters.